The number of thiophene rings is 1. The summed E-state index contributed by atoms with van der Waals surface area (Å²) in [6.45, 7) is 0.294. The van der Waals surface area contributed by atoms with E-state index in [9.17, 15) is 9.90 Å². The molecule has 0 spiro atoms. The largest absolute Gasteiger partial charge is 0.394 e. The molecule has 1 saturated heterocycles. The van der Waals surface area contributed by atoms with Crippen LogP contribution in [0.15, 0.2) is 17.5 Å². The van der Waals surface area contributed by atoms with Gasteiger partial charge in [0, 0.05) is 17.8 Å². The molecule has 0 radical (unpaired) electrons. The number of hydrogen-bond donors (Lipinski definition) is 4. The number of hydrogen-bond acceptors (Lipinski definition) is 8. The normalized spacial score (nSPS) is 23.3. The standard InChI is InChI=1S/C14H18N4O4S2/c19-7-11-9(20)6-10(22-11)12-17-18-14(24-12)16-13(21)15-4-3-8-2-1-5-23-8/h1-2,5,9-11,19-20H,3-4,6-7H2,(H2,15,16,18,21)/t9-,10+,11+/m0/s1. The van der Waals surface area contributed by atoms with Gasteiger partial charge in [0.15, 0.2) is 0 Å². The van der Waals surface area contributed by atoms with Crippen molar-refractivity contribution in [1.82, 2.24) is 15.5 Å². The zero-order chi connectivity index (χ0) is 16.9. The first-order valence-electron chi connectivity index (χ1n) is 7.50. The van der Waals surface area contributed by atoms with Gasteiger partial charge >= 0.3 is 6.03 Å². The molecule has 24 heavy (non-hydrogen) atoms. The zero-order valence-corrected chi connectivity index (χ0v) is 14.3. The van der Waals surface area contributed by atoms with Crippen LogP contribution in [0.4, 0.5) is 9.93 Å². The summed E-state index contributed by atoms with van der Waals surface area (Å²) < 4.78 is 5.51. The molecule has 1 aliphatic heterocycles. The minimum absolute atomic E-state index is 0.242. The van der Waals surface area contributed by atoms with Crippen LogP contribution in [0.1, 0.15) is 22.4 Å². The van der Waals surface area contributed by atoms with Crippen molar-refractivity contribution in [2.45, 2.75) is 31.2 Å². The summed E-state index contributed by atoms with van der Waals surface area (Å²) in [5, 5.41) is 35.1. The van der Waals surface area contributed by atoms with E-state index in [4.69, 9.17) is 9.84 Å². The van der Waals surface area contributed by atoms with Crippen molar-refractivity contribution in [1.29, 1.82) is 0 Å². The van der Waals surface area contributed by atoms with Gasteiger partial charge in [-0.15, -0.1) is 21.5 Å². The Morgan fingerprint density at radius 1 is 1.46 bits per heavy atom. The SMILES string of the molecule is O=C(NCCc1cccs1)Nc1nnc([C@H]2C[C@H](O)[C@@H](CO)O2)s1. The molecule has 2 amide bonds. The summed E-state index contributed by atoms with van der Waals surface area (Å²) >= 11 is 2.85. The Labute approximate surface area is 146 Å². The molecular formula is C14H18N4O4S2. The Morgan fingerprint density at radius 2 is 2.33 bits per heavy atom. The molecule has 0 aromatic carbocycles. The number of amides is 2. The Kier molecular flexibility index (Phi) is 5.74. The number of ether oxygens (including phenoxy) is 1. The van der Waals surface area contributed by atoms with Crippen LogP contribution < -0.4 is 10.6 Å². The third-order valence-corrected chi connectivity index (χ3v) is 5.44. The van der Waals surface area contributed by atoms with E-state index in [-0.39, 0.29) is 12.6 Å². The Morgan fingerprint density at radius 3 is 3.04 bits per heavy atom. The van der Waals surface area contributed by atoms with E-state index < -0.39 is 18.3 Å². The molecule has 2 aromatic heterocycles. The molecule has 1 fully saturated rings. The first-order valence-corrected chi connectivity index (χ1v) is 9.20. The summed E-state index contributed by atoms with van der Waals surface area (Å²) in [7, 11) is 0. The predicted molar refractivity (Wildman–Crippen MR) is 90.3 cm³/mol. The highest BCUT2D eigenvalue weighted by Gasteiger charge is 2.36. The van der Waals surface area contributed by atoms with Crippen molar-refractivity contribution < 1.29 is 19.7 Å². The van der Waals surface area contributed by atoms with Gasteiger partial charge in [-0.25, -0.2) is 4.79 Å². The Hall–Kier alpha value is -1.59. The van der Waals surface area contributed by atoms with Crippen molar-refractivity contribution in [3.8, 4) is 0 Å². The second kappa shape index (κ2) is 7.99. The van der Waals surface area contributed by atoms with Crippen LogP contribution in [-0.4, -0.2) is 51.8 Å². The number of aliphatic hydroxyl groups is 2. The van der Waals surface area contributed by atoms with Gasteiger partial charge < -0.3 is 20.3 Å². The van der Waals surface area contributed by atoms with Gasteiger partial charge in [-0.05, 0) is 17.9 Å². The molecule has 3 atom stereocenters. The van der Waals surface area contributed by atoms with E-state index in [0.29, 0.717) is 23.1 Å². The molecule has 2 aromatic rings. The number of urea groups is 1. The number of rotatable bonds is 6. The molecule has 10 heteroatoms. The summed E-state index contributed by atoms with van der Waals surface area (Å²) in [4.78, 5) is 13.0. The third-order valence-electron chi connectivity index (χ3n) is 3.58. The summed E-state index contributed by atoms with van der Waals surface area (Å²) in [6.07, 6.45) is -0.598. The van der Waals surface area contributed by atoms with Gasteiger partial charge in [0.1, 0.15) is 17.2 Å². The monoisotopic (exact) mass is 370 g/mol. The maximum absolute atomic E-state index is 11.8. The number of aliphatic hydroxyl groups excluding tert-OH is 2. The first-order chi connectivity index (χ1) is 11.7. The smallest absolute Gasteiger partial charge is 0.321 e. The molecule has 130 valence electrons. The number of nitrogens with one attached hydrogen (secondary N) is 2. The lowest BCUT2D eigenvalue weighted by molar-refractivity contribution is -0.0227. The molecule has 4 N–H and O–H groups in total. The van der Waals surface area contributed by atoms with E-state index in [1.807, 2.05) is 17.5 Å². The van der Waals surface area contributed by atoms with Crippen LogP contribution in [-0.2, 0) is 11.2 Å². The summed E-state index contributed by atoms with van der Waals surface area (Å²) in [5.74, 6) is 0. The number of nitrogens with zero attached hydrogens (tertiary/aromatic N) is 2. The van der Waals surface area contributed by atoms with E-state index in [1.165, 1.54) is 16.2 Å². The minimum Gasteiger partial charge on any atom is -0.394 e. The molecule has 0 saturated carbocycles. The highest BCUT2D eigenvalue weighted by Crippen LogP contribution is 2.35. The summed E-state index contributed by atoms with van der Waals surface area (Å²) in [6, 6.07) is 3.67. The molecule has 8 nitrogen and oxygen atoms in total. The second-order valence-corrected chi connectivity index (χ2v) is 7.35. The lowest BCUT2D eigenvalue weighted by atomic mass is 10.1. The Balaban J connectivity index is 1.46. The number of carbonyl (C=O) groups is 1. The highest BCUT2D eigenvalue weighted by molar-refractivity contribution is 7.15. The van der Waals surface area contributed by atoms with Gasteiger partial charge in [-0.1, -0.05) is 17.4 Å². The first kappa shape index (κ1) is 17.2. The molecule has 0 unspecified atom stereocenters. The van der Waals surface area contributed by atoms with Gasteiger partial charge in [0.2, 0.25) is 5.13 Å². The maximum Gasteiger partial charge on any atom is 0.321 e. The molecule has 3 heterocycles. The fourth-order valence-electron chi connectivity index (χ4n) is 2.36. The fourth-order valence-corrected chi connectivity index (χ4v) is 3.86. The quantitative estimate of drug-likeness (QED) is 0.606. The molecule has 3 rings (SSSR count). The van der Waals surface area contributed by atoms with Crippen LogP contribution in [0.5, 0.6) is 0 Å². The van der Waals surface area contributed by atoms with Gasteiger partial charge in [-0.2, -0.15) is 0 Å². The van der Waals surface area contributed by atoms with Crippen LogP contribution >= 0.6 is 22.7 Å². The van der Waals surface area contributed by atoms with Gasteiger partial charge in [0.25, 0.3) is 0 Å². The fraction of sp³-hybridized carbons (Fsp3) is 0.500. The van der Waals surface area contributed by atoms with E-state index in [1.54, 1.807) is 11.3 Å². The lowest BCUT2D eigenvalue weighted by Gasteiger charge is -2.09. The van der Waals surface area contributed by atoms with Gasteiger partial charge in [0.05, 0.1) is 12.7 Å². The molecule has 0 aliphatic carbocycles. The number of anilines is 1. The number of aromatic nitrogens is 2. The molecule has 1 aliphatic rings. The number of carbonyl (C=O) groups excluding carboxylic acids is 1. The molecule has 0 bridgehead atoms. The lowest BCUT2D eigenvalue weighted by Crippen LogP contribution is -2.30. The van der Waals surface area contributed by atoms with E-state index >= 15 is 0 Å². The minimum atomic E-state index is -0.721. The molecular weight excluding hydrogens is 352 g/mol. The van der Waals surface area contributed by atoms with Crippen LogP contribution in [0, 0.1) is 0 Å². The van der Waals surface area contributed by atoms with E-state index in [2.05, 4.69) is 20.8 Å². The predicted octanol–water partition coefficient (Wildman–Crippen LogP) is 1.15. The van der Waals surface area contributed by atoms with E-state index in [0.717, 1.165) is 6.42 Å². The van der Waals surface area contributed by atoms with Crippen molar-refractivity contribution in [3.63, 3.8) is 0 Å². The van der Waals surface area contributed by atoms with Crippen molar-refractivity contribution >= 4 is 33.8 Å². The topological polar surface area (TPSA) is 117 Å². The highest BCUT2D eigenvalue weighted by atomic mass is 32.1. The second-order valence-electron chi connectivity index (χ2n) is 5.30. The van der Waals surface area contributed by atoms with Crippen molar-refractivity contribution in [2.24, 2.45) is 0 Å². The van der Waals surface area contributed by atoms with Crippen LogP contribution in [0.25, 0.3) is 0 Å². The zero-order valence-electron chi connectivity index (χ0n) is 12.7. The van der Waals surface area contributed by atoms with Crippen molar-refractivity contribution in [3.05, 3.63) is 27.4 Å². The average molecular weight is 370 g/mol. The van der Waals surface area contributed by atoms with Crippen LogP contribution in [0.2, 0.25) is 0 Å². The average Bonchev–Trinajstić information content (AvgIpc) is 3.28. The maximum atomic E-state index is 11.8. The van der Waals surface area contributed by atoms with Crippen LogP contribution in [0.3, 0.4) is 0 Å². The Bertz CT molecular complexity index is 664. The van der Waals surface area contributed by atoms with Crippen molar-refractivity contribution in [2.75, 3.05) is 18.5 Å². The summed E-state index contributed by atoms with van der Waals surface area (Å²) in [5.41, 5.74) is 0. The third kappa shape index (κ3) is 4.28. The van der Waals surface area contributed by atoms with Gasteiger partial charge in [-0.3, -0.25) is 5.32 Å².